The van der Waals surface area contributed by atoms with Gasteiger partial charge in [0.2, 0.25) is 0 Å². The van der Waals surface area contributed by atoms with E-state index in [1.54, 1.807) is 18.3 Å². The third-order valence-corrected chi connectivity index (χ3v) is 2.46. The summed E-state index contributed by atoms with van der Waals surface area (Å²) in [4.78, 5) is 4.04. The summed E-state index contributed by atoms with van der Waals surface area (Å²) in [6.45, 7) is -0.227. The van der Waals surface area contributed by atoms with E-state index in [9.17, 15) is 0 Å². The van der Waals surface area contributed by atoms with Crippen LogP contribution < -0.4 is 5.73 Å². The first kappa shape index (κ1) is 10.3. The van der Waals surface area contributed by atoms with Gasteiger partial charge in [-0.25, -0.2) is 4.98 Å². The number of hydrogen-bond acceptors (Lipinski definition) is 5. The van der Waals surface area contributed by atoms with Crippen molar-refractivity contribution in [3.8, 4) is 0 Å². The molecule has 0 spiro atoms. The minimum Gasteiger partial charge on any atom is -0.399 e. The lowest BCUT2D eigenvalue weighted by molar-refractivity contribution is 0.113. The molecule has 0 aliphatic rings. The molecule has 5 heteroatoms. The summed E-state index contributed by atoms with van der Waals surface area (Å²) in [6, 6.07) is 3.43. The van der Waals surface area contributed by atoms with Gasteiger partial charge >= 0.3 is 0 Å². The maximum absolute atomic E-state index is 9.06. The van der Waals surface area contributed by atoms with Crippen molar-refractivity contribution in [2.45, 2.75) is 11.1 Å². The summed E-state index contributed by atoms with van der Waals surface area (Å²) in [5.41, 5.74) is 6.18. The molecule has 0 radical (unpaired) electrons. The fourth-order valence-corrected chi connectivity index (χ4v) is 1.56. The summed E-state index contributed by atoms with van der Waals surface area (Å²) < 4.78 is 0. The molecule has 0 amide bonds. The van der Waals surface area contributed by atoms with Crippen molar-refractivity contribution in [1.82, 2.24) is 4.98 Å². The SMILES string of the molecule is Nc1ccnc(SCC(O)CO)c1. The van der Waals surface area contributed by atoms with Gasteiger partial charge in [-0.15, -0.1) is 11.8 Å². The average molecular weight is 200 g/mol. The number of nitrogen functional groups attached to an aromatic ring is 1. The van der Waals surface area contributed by atoms with Crippen molar-refractivity contribution in [2.24, 2.45) is 0 Å². The van der Waals surface area contributed by atoms with E-state index in [2.05, 4.69) is 4.98 Å². The normalized spacial score (nSPS) is 12.8. The summed E-state index contributed by atoms with van der Waals surface area (Å²) in [5.74, 6) is 0.424. The van der Waals surface area contributed by atoms with Crippen LogP contribution >= 0.6 is 11.8 Å². The Morgan fingerprint density at radius 2 is 2.38 bits per heavy atom. The highest BCUT2D eigenvalue weighted by molar-refractivity contribution is 7.99. The number of aliphatic hydroxyl groups excluding tert-OH is 2. The van der Waals surface area contributed by atoms with Crippen LogP contribution in [-0.2, 0) is 0 Å². The van der Waals surface area contributed by atoms with Crippen LogP contribution in [0, 0.1) is 0 Å². The second kappa shape index (κ2) is 5.06. The van der Waals surface area contributed by atoms with Gasteiger partial charge in [-0.2, -0.15) is 0 Å². The van der Waals surface area contributed by atoms with Crippen LogP contribution in [0.15, 0.2) is 23.4 Å². The predicted octanol–water partition coefficient (Wildman–Crippen LogP) is 0.109. The Kier molecular flexibility index (Phi) is 4.01. The highest BCUT2D eigenvalue weighted by Crippen LogP contribution is 2.17. The molecule has 0 saturated heterocycles. The minimum atomic E-state index is -0.701. The fraction of sp³-hybridized carbons (Fsp3) is 0.375. The first-order valence-electron chi connectivity index (χ1n) is 3.85. The van der Waals surface area contributed by atoms with E-state index in [-0.39, 0.29) is 6.61 Å². The highest BCUT2D eigenvalue weighted by atomic mass is 32.2. The Balaban J connectivity index is 2.45. The monoisotopic (exact) mass is 200 g/mol. The number of anilines is 1. The first-order valence-corrected chi connectivity index (χ1v) is 4.84. The number of rotatable bonds is 4. The molecule has 0 aliphatic heterocycles. The first-order chi connectivity index (χ1) is 6.22. The van der Waals surface area contributed by atoms with Crippen LogP contribution in [0.2, 0.25) is 0 Å². The molecule has 0 aliphatic carbocycles. The fourth-order valence-electron chi connectivity index (χ4n) is 0.738. The van der Waals surface area contributed by atoms with Gasteiger partial charge in [0.05, 0.1) is 17.7 Å². The van der Waals surface area contributed by atoms with Gasteiger partial charge in [-0.05, 0) is 12.1 Å². The summed E-state index contributed by atoms with van der Waals surface area (Å²) >= 11 is 1.37. The van der Waals surface area contributed by atoms with Crippen molar-refractivity contribution < 1.29 is 10.2 Å². The van der Waals surface area contributed by atoms with Crippen molar-refractivity contribution in [2.75, 3.05) is 18.1 Å². The second-order valence-electron chi connectivity index (χ2n) is 2.57. The Morgan fingerprint density at radius 1 is 1.62 bits per heavy atom. The van der Waals surface area contributed by atoms with E-state index >= 15 is 0 Å². The van der Waals surface area contributed by atoms with E-state index in [0.717, 1.165) is 5.03 Å². The molecule has 0 fully saturated rings. The third kappa shape index (κ3) is 3.63. The Bertz CT molecular complexity index is 270. The molecule has 1 heterocycles. The number of pyridine rings is 1. The molecule has 1 atom stereocenters. The number of aromatic nitrogens is 1. The van der Waals surface area contributed by atoms with Crippen molar-refractivity contribution >= 4 is 17.4 Å². The molecule has 4 nitrogen and oxygen atoms in total. The van der Waals surface area contributed by atoms with Gasteiger partial charge in [0.15, 0.2) is 0 Å². The van der Waals surface area contributed by atoms with Crippen LogP contribution in [0.4, 0.5) is 5.69 Å². The lowest BCUT2D eigenvalue weighted by Crippen LogP contribution is -2.14. The second-order valence-corrected chi connectivity index (χ2v) is 3.62. The van der Waals surface area contributed by atoms with Gasteiger partial charge in [0.25, 0.3) is 0 Å². The van der Waals surface area contributed by atoms with Gasteiger partial charge in [0.1, 0.15) is 0 Å². The minimum absolute atomic E-state index is 0.227. The quantitative estimate of drug-likeness (QED) is 0.601. The van der Waals surface area contributed by atoms with Crippen LogP contribution in [0.5, 0.6) is 0 Å². The van der Waals surface area contributed by atoms with Gasteiger partial charge in [-0.1, -0.05) is 0 Å². The van der Waals surface area contributed by atoms with E-state index in [1.807, 2.05) is 0 Å². The largest absolute Gasteiger partial charge is 0.399 e. The topological polar surface area (TPSA) is 79.4 Å². The number of nitrogens with two attached hydrogens (primary N) is 1. The van der Waals surface area contributed by atoms with Crippen molar-refractivity contribution in [3.05, 3.63) is 18.3 Å². The smallest absolute Gasteiger partial charge is 0.0981 e. The molecule has 1 aromatic rings. The van der Waals surface area contributed by atoms with Crippen LogP contribution in [0.25, 0.3) is 0 Å². The maximum atomic E-state index is 9.06. The summed E-state index contributed by atoms with van der Waals surface area (Å²) in [7, 11) is 0. The van der Waals surface area contributed by atoms with Gasteiger partial charge in [-0.3, -0.25) is 0 Å². The molecule has 13 heavy (non-hydrogen) atoms. The number of thioether (sulfide) groups is 1. The molecular weight excluding hydrogens is 188 g/mol. The van der Waals surface area contributed by atoms with E-state index in [0.29, 0.717) is 11.4 Å². The summed E-state index contributed by atoms with van der Waals surface area (Å²) in [5, 5.41) is 18.4. The van der Waals surface area contributed by atoms with Crippen molar-refractivity contribution in [1.29, 1.82) is 0 Å². The van der Waals surface area contributed by atoms with Crippen LogP contribution in [-0.4, -0.2) is 33.7 Å². The van der Waals surface area contributed by atoms with Crippen LogP contribution in [0.1, 0.15) is 0 Å². The lowest BCUT2D eigenvalue weighted by atomic mass is 10.4. The molecule has 0 bridgehead atoms. The Hall–Kier alpha value is -0.780. The van der Waals surface area contributed by atoms with E-state index in [4.69, 9.17) is 15.9 Å². The zero-order valence-electron chi connectivity index (χ0n) is 7.05. The highest BCUT2D eigenvalue weighted by Gasteiger charge is 2.03. The Morgan fingerprint density at radius 3 is 3.00 bits per heavy atom. The van der Waals surface area contributed by atoms with Crippen molar-refractivity contribution in [3.63, 3.8) is 0 Å². The molecular formula is C8H12N2O2S. The van der Waals surface area contributed by atoms with Crippen LogP contribution in [0.3, 0.4) is 0 Å². The molecule has 1 aromatic heterocycles. The molecule has 0 aromatic carbocycles. The zero-order chi connectivity index (χ0) is 9.68. The summed E-state index contributed by atoms with van der Waals surface area (Å²) in [6.07, 6.45) is 0.913. The standard InChI is InChI=1S/C8H12N2O2S/c9-6-1-2-10-8(3-6)13-5-7(12)4-11/h1-3,7,11-12H,4-5H2,(H2,9,10). The molecule has 0 saturated carbocycles. The maximum Gasteiger partial charge on any atom is 0.0981 e. The Labute approximate surface area is 80.8 Å². The zero-order valence-corrected chi connectivity index (χ0v) is 7.87. The van der Waals surface area contributed by atoms with E-state index < -0.39 is 6.10 Å². The average Bonchev–Trinajstić information content (AvgIpc) is 2.14. The third-order valence-electron chi connectivity index (χ3n) is 1.39. The molecule has 72 valence electrons. The number of aliphatic hydroxyl groups is 2. The van der Waals surface area contributed by atoms with Gasteiger partial charge in [0, 0.05) is 17.6 Å². The lowest BCUT2D eigenvalue weighted by Gasteiger charge is -2.05. The van der Waals surface area contributed by atoms with E-state index in [1.165, 1.54) is 11.8 Å². The predicted molar refractivity (Wildman–Crippen MR) is 52.5 cm³/mol. The number of nitrogens with zero attached hydrogens (tertiary/aromatic N) is 1. The number of hydrogen-bond donors (Lipinski definition) is 3. The molecule has 4 N–H and O–H groups in total. The molecule has 1 rings (SSSR count). The van der Waals surface area contributed by atoms with Gasteiger partial charge < -0.3 is 15.9 Å². The molecule has 1 unspecified atom stereocenters.